The lowest BCUT2D eigenvalue weighted by atomic mass is 9.90. The lowest BCUT2D eigenvalue weighted by molar-refractivity contribution is -0.385. The van der Waals surface area contributed by atoms with Crippen LogP contribution in [0.3, 0.4) is 0 Å². The highest BCUT2D eigenvalue weighted by molar-refractivity contribution is 5.52. The van der Waals surface area contributed by atoms with Crippen molar-refractivity contribution in [2.24, 2.45) is 13.0 Å². The summed E-state index contributed by atoms with van der Waals surface area (Å²) in [4.78, 5) is 16.1. The van der Waals surface area contributed by atoms with Crippen molar-refractivity contribution >= 4 is 11.4 Å². The molecule has 1 saturated heterocycles. The van der Waals surface area contributed by atoms with E-state index in [1.165, 1.54) is 12.1 Å². The number of anilines is 1. The molecule has 1 fully saturated rings. The van der Waals surface area contributed by atoms with Crippen LogP contribution >= 0.6 is 0 Å². The molecule has 1 aliphatic heterocycles. The Bertz CT molecular complexity index is 741. The fourth-order valence-corrected chi connectivity index (χ4v) is 3.19. The molecule has 1 N–H and O–H groups in total. The van der Waals surface area contributed by atoms with E-state index in [-0.39, 0.29) is 11.6 Å². The maximum atomic E-state index is 14.1. The number of aliphatic hydroxyl groups excluding tert-OH is 1. The Hall–Kier alpha value is -2.48. The van der Waals surface area contributed by atoms with E-state index in [9.17, 15) is 19.6 Å². The molecule has 0 radical (unpaired) electrons. The zero-order valence-corrected chi connectivity index (χ0v) is 13.3. The predicted octanol–water partition coefficient (Wildman–Crippen LogP) is 2.42. The molecule has 128 valence electrons. The summed E-state index contributed by atoms with van der Waals surface area (Å²) in [6, 6.07) is 3.71. The van der Waals surface area contributed by atoms with Crippen molar-refractivity contribution in [1.82, 2.24) is 9.55 Å². The third-order valence-corrected chi connectivity index (χ3v) is 4.59. The van der Waals surface area contributed by atoms with Crippen LogP contribution in [0.2, 0.25) is 0 Å². The van der Waals surface area contributed by atoms with Crippen LogP contribution in [0, 0.1) is 21.8 Å². The minimum atomic E-state index is -0.645. The number of aryl methyl sites for hydroxylation is 1. The standard InChI is InChI=1S/C16H19FN4O3/c1-19-9-6-18-16(19)15(22)11-4-7-20(8-5-11)14-3-2-12(21(23)24)10-13(14)17/h2-3,6,9-11,15,22H,4-5,7-8H2,1H3. The second-order valence-corrected chi connectivity index (χ2v) is 6.06. The number of non-ortho nitro benzene ring substituents is 1. The van der Waals surface area contributed by atoms with Crippen molar-refractivity contribution in [1.29, 1.82) is 0 Å². The van der Waals surface area contributed by atoms with Crippen LogP contribution in [0.4, 0.5) is 15.8 Å². The van der Waals surface area contributed by atoms with Gasteiger partial charge in [-0.15, -0.1) is 0 Å². The average Bonchev–Trinajstić information content (AvgIpc) is 3.00. The topological polar surface area (TPSA) is 84.4 Å². The SMILES string of the molecule is Cn1ccnc1C(O)C1CCN(c2ccc([N+](=O)[O-])cc2F)CC1. The highest BCUT2D eigenvalue weighted by Gasteiger charge is 2.29. The van der Waals surface area contributed by atoms with Crippen LogP contribution in [-0.2, 0) is 7.05 Å². The Labute approximate surface area is 138 Å². The molecule has 2 aromatic rings. The summed E-state index contributed by atoms with van der Waals surface area (Å²) in [7, 11) is 1.84. The highest BCUT2D eigenvalue weighted by Crippen LogP contribution is 2.33. The van der Waals surface area contributed by atoms with Crippen molar-refractivity contribution in [2.45, 2.75) is 18.9 Å². The fraction of sp³-hybridized carbons (Fsp3) is 0.438. The molecular weight excluding hydrogens is 315 g/mol. The van der Waals surface area contributed by atoms with E-state index in [1.54, 1.807) is 17.0 Å². The molecule has 7 nitrogen and oxygen atoms in total. The molecule has 1 unspecified atom stereocenters. The monoisotopic (exact) mass is 334 g/mol. The summed E-state index contributed by atoms with van der Waals surface area (Å²) >= 11 is 0. The Morgan fingerprint density at radius 3 is 2.67 bits per heavy atom. The van der Waals surface area contributed by atoms with Gasteiger partial charge in [-0.3, -0.25) is 10.1 Å². The van der Waals surface area contributed by atoms with Gasteiger partial charge in [0.2, 0.25) is 0 Å². The third-order valence-electron chi connectivity index (χ3n) is 4.59. The van der Waals surface area contributed by atoms with Gasteiger partial charge in [-0.05, 0) is 24.8 Å². The van der Waals surface area contributed by atoms with Crippen molar-refractivity contribution < 1.29 is 14.4 Å². The summed E-state index contributed by atoms with van der Waals surface area (Å²) in [6.07, 6.45) is 4.20. The van der Waals surface area contributed by atoms with Gasteiger partial charge < -0.3 is 14.6 Å². The van der Waals surface area contributed by atoms with Gasteiger partial charge >= 0.3 is 0 Å². The maximum Gasteiger partial charge on any atom is 0.272 e. The molecule has 0 bridgehead atoms. The first kappa shape index (κ1) is 16.4. The molecule has 8 heteroatoms. The lowest BCUT2D eigenvalue weighted by Crippen LogP contribution is -2.36. The van der Waals surface area contributed by atoms with Gasteiger partial charge in [-0.2, -0.15) is 0 Å². The molecular formula is C16H19FN4O3. The Balaban J connectivity index is 1.67. The summed E-state index contributed by atoms with van der Waals surface area (Å²) in [6.45, 7) is 1.17. The summed E-state index contributed by atoms with van der Waals surface area (Å²) in [5, 5.41) is 21.2. The first-order valence-corrected chi connectivity index (χ1v) is 7.81. The van der Waals surface area contributed by atoms with E-state index >= 15 is 0 Å². The minimum Gasteiger partial charge on any atom is -0.385 e. The molecule has 1 atom stereocenters. The number of imidazole rings is 1. The van der Waals surface area contributed by atoms with E-state index in [4.69, 9.17) is 0 Å². The Kier molecular flexibility index (Phi) is 4.48. The zero-order chi connectivity index (χ0) is 17.3. The summed E-state index contributed by atoms with van der Waals surface area (Å²) in [5.41, 5.74) is 0.113. The Morgan fingerprint density at radius 1 is 1.42 bits per heavy atom. The van der Waals surface area contributed by atoms with Gasteiger partial charge in [0.25, 0.3) is 5.69 Å². The number of aromatic nitrogens is 2. The van der Waals surface area contributed by atoms with Crippen LogP contribution < -0.4 is 4.90 Å². The van der Waals surface area contributed by atoms with E-state index < -0.39 is 16.8 Å². The van der Waals surface area contributed by atoms with Crippen molar-refractivity contribution in [3.63, 3.8) is 0 Å². The second kappa shape index (κ2) is 6.56. The minimum absolute atomic E-state index is 0.0588. The van der Waals surface area contributed by atoms with Gasteiger partial charge in [-0.25, -0.2) is 9.37 Å². The Morgan fingerprint density at radius 2 is 2.12 bits per heavy atom. The summed E-state index contributed by atoms with van der Waals surface area (Å²) < 4.78 is 15.9. The molecule has 1 aromatic carbocycles. The molecule has 0 spiro atoms. The zero-order valence-electron chi connectivity index (χ0n) is 13.3. The molecule has 0 saturated carbocycles. The van der Waals surface area contributed by atoms with E-state index in [1.807, 2.05) is 11.9 Å². The van der Waals surface area contributed by atoms with Crippen LogP contribution in [0.5, 0.6) is 0 Å². The largest absolute Gasteiger partial charge is 0.385 e. The van der Waals surface area contributed by atoms with Crippen LogP contribution in [0.1, 0.15) is 24.8 Å². The van der Waals surface area contributed by atoms with Gasteiger partial charge in [-0.1, -0.05) is 0 Å². The molecule has 0 aliphatic carbocycles. The normalized spacial score (nSPS) is 17.0. The molecule has 2 heterocycles. The van der Waals surface area contributed by atoms with Crippen LogP contribution in [0.15, 0.2) is 30.6 Å². The number of nitrogens with zero attached hydrogens (tertiary/aromatic N) is 4. The quantitative estimate of drug-likeness (QED) is 0.686. The van der Waals surface area contributed by atoms with Gasteiger partial charge in [0.15, 0.2) is 5.82 Å². The smallest absolute Gasteiger partial charge is 0.272 e. The maximum absolute atomic E-state index is 14.1. The number of aliphatic hydroxyl groups is 1. The van der Waals surface area contributed by atoms with Gasteiger partial charge in [0, 0.05) is 38.6 Å². The number of hydrogen-bond donors (Lipinski definition) is 1. The number of hydrogen-bond acceptors (Lipinski definition) is 5. The van der Waals surface area contributed by atoms with Gasteiger partial charge in [0.1, 0.15) is 11.9 Å². The van der Waals surface area contributed by atoms with E-state index in [0.717, 1.165) is 6.07 Å². The van der Waals surface area contributed by atoms with Crippen molar-refractivity contribution in [2.75, 3.05) is 18.0 Å². The molecule has 1 aromatic heterocycles. The first-order valence-electron chi connectivity index (χ1n) is 7.81. The van der Waals surface area contributed by atoms with Crippen molar-refractivity contribution in [3.05, 3.63) is 52.3 Å². The number of benzene rings is 1. The highest BCUT2D eigenvalue weighted by atomic mass is 19.1. The average molecular weight is 334 g/mol. The van der Waals surface area contributed by atoms with Crippen LogP contribution in [-0.4, -0.2) is 32.7 Å². The fourth-order valence-electron chi connectivity index (χ4n) is 3.19. The van der Waals surface area contributed by atoms with E-state index in [2.05, 4.69) is 4.98 Å². The van der Waals surface area contributed by atoms with E-state index in [0.29, 0.717) is 37.4 Å². The summed E-state index contributed by atoms with van der Waals surface area (Å²) in [5.74, 6) is 0.103. The van der Waals surface area contributed by atoms with Crippen molar-refractivity contribution in [3.8, 4) is 0 Å². The number of halogens is 1. The number of nitro groups is 1. The molecule has 3 rings (SSSR count). The first-order chi connectivity index (χ1) is 11.5. The number of nitro benzene ring substituents is 1. The molecule has 24 heavy (non-hydrogen) atoms. The number of rotatable bonds is 4. The van der Waals surface area contributed by atoms with Gasteiger partial charge in [0.05, 0.1) is 16.7 Å². The second-order valence-electron chi connectivity index (χ2n) is 6.06. The molecule has 1 aliphatic rings. The molecule has 0 amide bonds. The predicted molar refractivity (Wildman–Crippen MR) is 86.2 cm³/mol. The number of piperidine rings is 1. The lowest BCUT2D eigenvalue weighted by Gasteiger charge is -2.35. The third kappa shape index (κ3) is 3.09. The van der Waals surface area contributed by atoms with Crippen LogP contribution in [0.25, 0.3) is 0 Å².